The van der Waals surface area contributed by atoms with Crippen molar-refractivity contribution in [2.75, 3.05) is 13.2 Å². The van der Waals surface area contributed by atoms with Crippen molar-refractivity contribution >= 4 is 16.8 Å². The number of nitrogens with zero attached hydrogens (tertiary/aromatic N) is 4. The van der Waals surface area contributed by atoms with Crippen molar-refractivity contribution in [1.82, 2.24) is 19.9 Å². The first-order chi connectivity index (χ1) is 15.7. The topological polar surface area (TPSA) is 81.4 Å². The highest BCUT2D eigenvalue weighted by Crippen LogP contribution is 2.32. The quantitative estimate of drug-likeness (QED) is 0.457. The zero-order valence-corrected chi connectivity index (χ0v) is 17.3. The Kier molecular flexibility index (Phi) is 5.49. The molecule has 2 aromatic heterocycles. The SMILES string of the molecule is O=C(COc1ncnc2ccccc12)N1CCC[C@@H]1c1ncc(Cc2cccc(F)c2)o1. The van der Waals surface area contributed by atoms with Gasteiger partial charge in [0.25, 0.3) is 5.91 Å². The van der Waals surface area contributed by atoms with E-state index in [9.17, 15) is 9.18 Å². The number of aromatic nitrogens is 3. The highest BCUT2D eigenvalue weighted by atomic mass is 19.1. The van der Waals surface area contributed by atoms with Gasteiger partial charge >= 0.3 is 0 Å². The summed E-state index contributed by atoms with van der Waals surface area (Å²) in [7, 11) is 0. The third-order valence-corrected chi connectivity index (χ3v) is 5.54. The number of hydrogen-bond donors (Lipinski definition) is 0. The van der Waals surface area contributed by atoms with Crippen LogP contribution in [0.15, 0.2) is 65.5 Å². The Bertz CT molecular complexity index is 1250. The van der Waals surface area contributed by atoms with Crippen molar-refractivity contribution < 1.29 is 18.3 Å². The molecule has 7 nitrogen and oxygen atoms in total. The molecular weight excluding hydrogens is 411 g/mol. The number of rotatable bonds is 6. The Morgan fingerprint density at radius 2 is 2.06 bits per heavy atom. The number of para-hydroxylation sites is 1. The minimum absolute atomic E-state index is 0.131. The molecule has 1 aliphatic heterocycles. The summed E-state index contributed by atoms with van der Waals surface area (Å²) >= 11 is 0. The van der Waals surface area contributed by atoms with E-state index >= 15 is 0 Å². The van der Waals surface area contributed by atoms with Gasteiger partial charge < -0.3 is 14.1 Å². The van der Waals surface area contributed by atoms with Crippen LogP contribution >= 0.6 is 0 Å². The lowest BCUT2D eigenvalue weighted by molar-refractivity contribution is -0.134. The van der Waals surface area contributed by atoms with Crippen LogP contribution in [0, 0.1) is 5.82 Å². The minimum Gasteiger partial charge on any atom is -0.467 e. The van der Waals surface area contributed by atoms with Gasteiger partial charge in [-0.3, -0.25) is 4.79 Å². The number of benzene rings is 2. The summed E-state index contributed by atoms with van der Waals surface area (Å²) in [6.45, 7) is 0.480. The first-order valence-electron chi connectivity index (χ1n) is 10.5. The molecule has 0 unspecified atom stereocenters. The standard InChI is InChI=1S/C24H21FN4O3/c25-17-6-3-5-16(11-17)12-18-13-26-24(32-18)21-9-4-10-29(21)22(30)14-31-23-19-7-1-2-8-20(19)27-15-28-23/h1-3,5-8,11,13,15,21H,4,9-10,12,14H2/t21-/m1/s1. The lowest BCUT2D eigenvalue weighted by Crippen LogP contribution is -2.34. The molecule has 2 aromatic carbocycles. The van der Waals surface area contributed by atoms with E-state index < -0.39 is 0 Å². The lowest BCUT2D eigenvalue weighted by atomic mass is 10.1. The Morgan fingerprint density at radius 1 is 1.16 bits per heavy atom. The normalized spacial score (nSPS) is 15.9. The molecule has 0 N–H and O–H groups in total. The van der Waals surface area contributed by atoms with Crippen molar-refractivity contribution in [2.24, 2.45) is 0 Å². The average molecular weight is 432 g/mol. The number of likely N-dealkylation sites (tertiary alicyclic amines) is 1. The van der Waals surface area contributed by atoms with E-state index in [1.165, 1.54) is 18.5 Å². The summed E-state index contributed by atoms with van der Waals surface area (Å²) in [6, 6.07) is 13.6. The second-order valence-electron chi connectivity index (χ2n) is 7.70. The molecule has 0 aliphatic carbocycles. The molecule has 8 heteroatoms. The zero-order valence-electron chi connectivity index (χ0n) is 17.3. The molecule has 0 bridgehead atoms. The van der Waals surface area contributed by atoms with Crippen LogP contribution in [-0.2, 0) is 11.2 Å². The summed E-state index contributed by atoms with van der Waals surface area (Å²) < 4.78 is 25.1. The Labute approximate surface area is 183 Å². The molecule has 1 saturated heterocycles. The third kappa shape index (κ3) is 4.16. The number of carbonyl (C=O) groups is 1. The number of amides is 1. The van der Waals surface area contributed by atoms with Gasteiger partial charge in [0.15, 0.2) is 6.61 Å². The van der Waals surface area contributed by atoms with E-state index in [0.29, 0.717) is 30.5 Å². The average Bonchev–Trinajstić information content (AvgIpc) is 3.47. The van der Waals surface area contributed by atoms with E-state index in [1.54, 1.807) is 17.2 Å². The number of hydrogen-bond acceptors (Lipinski definition) is 6. The van der Waals surface area contributed by atoms with E-state index in [0.717, 1.165) is 29.3 Å². The van der Waals surface area contributed by atoms with E-state index in [-0.39, 0.29) is 24.4 Å². The van der Waals surface area contributed by atoms with Gasteiger partial charge in [0.05, 0.1) is 17.1 Å². The van der Waals surface area contributed by atoms with Crippen LogP contribution in [0.3, 0.4) is 0 Å². The molecule has 162 valence electrons. The largest absolute Gasteiger partial charge is 0.467 e. The van der Waals surface area contributed by atoms with Gasteiger partial charge in [-0.1, -0.05) is 24.3 Å². The van der Waals surface area contributed by atoms with Gasteiger partial charge in [-0.2, -0.15) is 0 Å². The molecule has 1 fully saturated rings. The van der Waals surface area contributed by atoms with Gasteiger partial charge in [-0.25, -0.2) is 19.3 Å². The number of ether oxygens (including phenoxy) is 1. The van der Waals surface area contributed by atoms with Crippen LogP contribution in [0.5, 0.6) is 5.88 Å². The van der Waals surface area contributed by atoms with Gasteiger partial charge in [0.2, 0.25) is 11.8 Å². The van der Waals surface area contributed by atoms with Crippen molar-refractivity contribution in [3.8, 4) is 5.88 Å². The fraction of sp³-hybridized carbons (Fsp3) is 0.250. The minimum atomic E-state index is -0.286. The smallest absolute Gasteiger partial charge is 0.261 e. The third-order valence-electron chi connectivity index (χ3n) is 5.54. The van der Waals surface area contributed by atoms with Gasteiger partial charge in [0, 0.05) is 13.0 Å². The predicted octanol–water partition coefficient (Wildman–Crippen LogP) is 4.09. The summed E-state index contributed by atoms with van der Waals surface area (Å²) in [5, 5.41) is 0.760. The van der Waals surface area contributed by atoms with Crippen molar-refractivity contribution in [1.29, 1.82) is 0 Å². The first-order valence-corrected chi connectivity index (χ1v) is 10.5. The van der Waals surface area contributed by atoms with Crippen LogP contribution in [0.2, 0.25) is 0 Å². The maximum absolute atomic E-state index is 13.4. The summed E-state index contributed by atoms with van der Waals surface area (Å²) in [4.78, 5) is 27.4. The Morgan fingerprint density at radius 3 is 2.97 bits per heavy atom. The molecule has 1 amide bonds. The Balaban J connectivity index is 1.26. The first kappa shape index (κ1) is 20.1. The maximum atomic E-state index is 13.4. The van der Waals surface area contributed by atoms with Crippen LogP contribution in [0.1, 0.15) is 36.1 Å². The molecule has 0 radical (unpaired) electrons. The van der Waals surface area contributed by atoms with Gasteiger partial charge in [-0.15, -0.1) is 0 Å². The fourth-order valence-corrected chi connectivity index (χ4v) is 4.04. The number of oxazole rings is 1. The van der Waals surface area contributed by atoms with Crippen molar-refractivity contribution in [3.05, 3.63) is 84.1 Å². The predicted molar refractivity (Wildman–Crippen MR) is 114 cm³/mol. The van der Waals surface area contributed by atoms with E-state index in [4.69, 9.17) is 9.15 Å². The fourth-order valence-electron chi connectivity index (χ4n) is 4.04. The molecule has 0 saturated carbocycles. The summed E-state index contributed by atoms with van der Waals surface area (Å²) in [6.07, 6.45) is 5.13. The zero-order chi connectivity index (χ0) is 21.9. The molecule has 32 heavy (non-hydrogen) atoms. The number of carbonyl (C=O) groups excluding carboxylic acids is 1. The molecular formula is C24H21FN4O3. The molecule has 5 rings (SSSR count). The van der Waals surface area contributed by atoms with Crippen molar-refractivity contribution in [3.63, 3.8) is 0 Å². The molecule has 1 atom stereocenters. The van der Waals surface area contributed by atoms with Crippen molar-refractivity contribution in [2.45, 2.75) is 25.3 Å². The lowest BCUT2D eigenvalue weighted by Gasteiger charge is -2.22. The monoisotopic (exact) mass is 432 g/mol. The Hall–Kier alpha value is -3.81. The molecule has 1 aliphatic rings. The van der Waals surface area contributed by atoms with Crippen LogP contribution in [0.25, 0.3) is 10.9 Å². The second kappa shape index (κ2) is 8.74. The molecule has 3 heterocycles. The van der Waals surface area contributed by atoms with Gasteiger partial charge in [0.1, 0.15) is 23.9 Å². The van der Waals surface area contributed by atoms with Crippen LogP contribution in [-0.4, -0.2) is 38.9 Å². The summed E-state index contributed by atoms with van der Waals surface area (Å²) in [5.41, 5.74) is 1.56. The molecule has 4 aromatic rings. The highest BCUT2D eigenvalue weighted by molar-refractivity contribution is 5.84. The van der Waals surface area contributed by atoms with Crippen LogP contribution in [0.4, 0.5) is 4.39 Å². The highest BCUT2D eigenvalue weighted by Gasteiger charge is 2.33. The van der Waals surface area contributed by atoms with Gasteiger partial charge in [-0.05, 0) is 42.7 Å². The van der Waals surface area contributed by atoms with Crippen LogP contribution < -0.4 is 4.74 Å². The maximum Gasteiger partial charge on any atom is 0.261 e. The van der Waals surface area contributed by atoms with E-state index in [1.807, 2.05) is 30.3 Å². The van der Waals surface area contributed by atoms with E-state index in [2.05, 4.69) is 15.0 Å². The number of halogens is 1. The number of fused-ring (bicyclic) bond motifs is 1. The summed E-state index contributed by atoms with van der Waals surface area (Å²) in [5.74, 6) is 1.07. The second-order valence-corrected chi connectivity index (χ2v) is 7.70. The molecule has 0 spiro atoms.